The second-order valence-electron chi connectivity index (χ2n) is 4.07. The number of esters is 1. The Morgan fingerprint density at radius 2 is 1.82 bits per heavy atom. The third-order valence-corrected chi connectivity index (χ3v) is 2.49. The average molecular weight is 314 g/mol. The zero-order valence-electron chi connectivity index (χ0n) is 11.6. The van der Waals surface area contributed by atoms with Crippen LogP contribution in [0.15, 0.2) is 42.5 Å². The van der Waals surface area contributed by atoms with Gasteiger partial charge < -0.3 is 9.84 Å². The molecule has 0 heterocycles. The minimum atomic E-state index is -4.45. The molecule has 0 aliphatic heterocycles. The number of allylic oxidation sites excluding steroid dienone is 2. The number of alkyl halides is 3. The molecule has 1 rings (SSSR count). The largest absolute Gasteiger partial charge is 0.507 e. The van der Waals surface area contributed by atoms with Crippen molar-refractivity contribution < 1.29 is 32.6 Å². The van der Waals surface area contributed by atoms with Crippen molar-refractivity contribution in [2.24, 2.45) is 0 Å². The molecule has 1 aromatic carbocycles. The third-order valence-electron chi connectivity index (χ3n) is 2.49. The van der Waals surface area contributed by atoms with E-state index in [1.54, 1.807) is 6.92 Å². The van der Waals surface area contributed by atoms with E-state index in [1.807, 2.05) is 0 Å². The Labute approximate surface area is 124 Å². The van der Waals surface area contributed by atoms with Gasteiger partial charge in [-0.1, -0.05) is 18.2 Å². The predicted octanol–water partition coefficient (Wildman–Crippen LogP) is 3.29. The predicted molar refractivity (Wildman–Crippen MR) is 72.8 cm³/mol. The van der Waals surface area contributed by atoms with E-state index in [0.717, 1.165) is 42.5 Å². The second-order valence-corrected chi connectivity index (χ2v) is 4.07. The number of hydrogen-bond acceptors (Lipinski definition) is 4. The highest BCUT2D eigenvalue weighted by atomic mass is 19.4. The summed E-state index contributed by atoms with van der Waals surface area (Å²) in [5, 5.41) is 9.67. The summed E-state index contributed by atoms with van der Waals surface area (Å²) in [4.78, 5) is 22.2. The first kappa shape index (κ1) is 17.5. The van der Waals surface area contributed by atoms with Crippen LogP contribution in [0.25, 0.3) is 5.76 Å². The number of ether oxygens (including phenoxy) is 1. The first-order valence-corrected chi connectivity index (χ1v) is 6.21. The van der Waals surface area contributed by atoms with Crippen molar-refractivity contribution in [1.29, 1.82) is 0 Å². The summed E-state index contributed by atoms with van der Waals surface area (Å²) in [7, 11) is 0. The number of benzene rings is 1. The third kappa shape index (κ3) is 5.08. The molecule has 0 fully saturated rings. The highest BCUT2D eigenvalue weighted by molar-refractivity contribution is 6.38. The first-order valence-electron chi connectivity index (χ1n) is 6.21. The standard InChI is InChI=1S/C15H13F3O4/c1-2-22-14(21)13(20)5-3-4-12(19)10-6-8-11(9-7-10)15(16,17)18/h3-9,19H,2H2,1H3/b5-3+,12-4-. The van der Waals surface area contributed by atoms with Crippen LogP contribution >= 0.6 is 0 Å². The van der Waals surface area contributed by atoms with Gasteiger partial charge in [0.25, 0.3) is 5.78 Å². The SMILES string of the molecule is CCOC(=O)C(=O)/C=C/C=C(\O)c1ccc(C(F)(F)F)cc1. The summed E-state index contributed by atoms with van der Waals surface area (Å²) < 4.78 is 41.6. The maximum atomic E-state index is 12.4. The Bertz CT molecular complexity index is 598. The van der Waals surface area contributed by atoms with E-state index in [0.29, 0.717) is 0 Å². The number of rotatable bonds is 5. The fraction of sp³-hybridized carbons (Fsp3) is 0.200. The Kier molecular flexibility index (Phi) is 5.91. The summed E-state index contributed by atoms with van der Waals surface area (Å²) >= 11 is 0. The van der Waals surface area contributed by atoms with Gasteiger partial charge in [-0.25, -0.2) is 4.79 Å². The minimum absolute atomic E-state index is 0.0606. The van der Waals surface area contributed by atoms with E-state index in [9.17, 15) is 27.9 Å². The Morgan fingerprint density at radius 1 is 1.23 bits per heavy atom. The molecule has 0 saturated heterocycles. The molecule has 1 N–H and O–H groups in total. The van der Waals surface area contributed by atoms with Crippen LogP contribution in [0.5, 0.6) is 0 Å². The highest BCUT2D eigenvalue weighted by Crippen LogP contribution is 2.29. The fourth-order valence-corrected chi connectivity index (χ4v) is 1.42. The fourth-order valence-electron chi connectivity index (χ4n) is 1.42. The van der Waals surface area contributed by atoms with E-state index in [-0.39, 0.29) is 17.9 Å². The van der Waals surface area contributed by atoms with Crippen molar-refractivity contribution in [2.45, 2.75) is 13.1 Å². The molecule has 0 spiro atoms. The molecule has 4 nitrogen and oxygen atoms in total. The van der Waals surface area contributed by atoms with Crippen LogP contribution in [0, 0.1) is 0 Å². The van der Waals surface area contributed by atoms with Crippen molar-refractivity contribution in [2.75, 3.05) is 6.61 Å². The normalized spacial score (nSPS) is 12.5. The topological polar surface area (TPSA) is 63.6 Å². The number of carbonyl (C=O) groups is 2. The van der Waals surface area contributed by atoms with Gasteiger partial charge in [0.15, 0.2) is 0 Å². The van der Waals surface area contributed by atoms with Crippen LogP contribution in [0.4, 0.5) is 13.2 Å². The number of halogens is 3. The van der Waals surface area contributed by atoms with Gasteiger partial charge in [-0.05, 0) is 31.2 Å². The minimum Gasteiger partial charge on any atom is -0.507 e. The Balaban J connectivity index is 2.77. The summed E-state index contributed by atoms with van der Waals surface area (Å²) in [6, 6.07) is 3.84. The van der Waals surface area contributed by atoms with Crippen LogP contribution in [0.1, 0.15) is 18.1 Å². The van der Waals surface area contributed by atoms with Gasteiger partial charge in [0.2, 0.25) is 0 Å². The Morgan fingerprint density at radius 3 is 2.32 bits per heavy atom. The van der Waals surface area contributed by atoms with Gasteiger partial charge in [-0.3, -0.25) is 4.79 Å². The monoisotopic (exact) mass is 314 g/mol. The van der Waals surface area contributed by atoms with E-state index >= 15 is 0 Å². The number of aliphatic hydroxyl groups is 1. The van der Waals surface area contributed by atoms with Crippen molar-refractivity contribution in [3.8, 4) is 0 Å². The van der Waals surface area contributed by atoms with Gasteiger partial charge in [0.1, 0.15) is 5.76 Å². The number of hydrogen-bond donors (Lipinski definition) is 1. The van der Waals surface area contributed by atoms with Crippen LogP contribution < -0.4 is 0 Å². The molecule has 0 saturated carbocycles. The van der Waals surface area contributed by atoms with E-state index in [4.69, 9.17) is 0 Å². The van der Waals surface area contributed by atoms with Crippen molar-refractivity contribution >= 4 is 17.5 Å². The van der Waals surface area contributed by atoms with Gasteiger partial charge in [-0.15, -0.1) is 0 Å². The molecule has 7 heteroatoms. The summed E-state index contributed by atoms with van der Waals surface area (Å²) in [5.41, 5.74) is -0.696. The molecule has 0 amide bonds. The second kappa shape index (κ2) is 7.44. The quantitative estimate of drug-likeness (QED) is 0.298. The van der Waals surface area contributed by atoms with Gasteiger partial charge in [-0.2, -0.15) is 13.2 Å². The van der Waals surface area contributed by atoms with E-state index in [1.165, 1.54) is 0 Å². The molecule has 1 aromatic rings. The molecular formula is C15H13F3O4. The molecule has 0 aliphatic carbocycles. The van der Waals surface area contributed by atoms with Gasteiger partial charge >= 0.3 is 12.1 Å². The number of aliphatic hydroxyl groups excluding tert-OH is 1. The number of ketones is 1. The smallest absolute Gasteiger partial charge is 0.416 e. The highest BCUT2D eigenvalue weighted by Gasteiger charge is 2.29. The lowest BCUT2D eigenvalue weighted by Gasteiger charge is -2.07. The lowest BCUT2D eigenvalue weighted by Crippen LogP contribution is -2.14. The molecule has 0 aliphatic rings. The number of carbonyl (C=O) groups excluding carboxylic acids is 2. The molecule has 0 aromatic heterocycles. The molecule has 22 heavy (non-hydrogen) atoms. The summed E-state index contributed by atoms with van der Waals surface area (Å²) in [5.74, 6) is -2.28. The van der Waals surface area contributed by atoms with Crippen molar-refractivity contribution in [1.82, 2.24) is 0 Å². The molecular weight excluding hydrogens is 301 g/mol. The van der Waals surface area contributed by atoms with Gasteiger partial charge in [0.05, 0.1) is 12.2 Å². The maximum Gasteiger partial charge on any atom is 0.416 e. The van der Waals surface area contributed by atoms with E-state index < -0.39 is 23.5 Å². The lowest BCUT2D eigenvalue weighted by atomic mass is 10.1. The molecule has 0 radical (unpaired) electrons. The van der Waals surface area contributed by atoms with Crippen LogP contribution in [0.3, 0.4) is 0 Å². The molecule has 0 unspecified atom stereocenters. The summed E-state index contributed by atoms with van der Waals surface area (Å²) in [6.07, 6.45) is -1.38. The molecule has 118 valence electrons. The zero-order chi connectivity index (χ0) is 16.8. The molecule has 0 bridgehead atoms. The van der Waals surface area contributed by atoms with Crippen LogP contribution in [-0.4, -0.2) is 23.5 Å². The Hall–Kier alpha value is -2.57. The van der Waals surface area contributed by atoms with Gasteiger partial charge in [0, 0.05) is 5.56 Å². The van der Waals surface area contributed by atoms with Crippen LogP contribution in [-0.2, 0) is 20.5 Å². The first-order chi connectivity index (χ1) is 10.3. The van der Waals surface area contributed by atoms with Crippen molar-refractivity contribution in [3.63, 3.8) is 0 Å². The molecule has 0 atom stereocenters. The summed E-state index contributed by atoms with van der Waals surface area (Å²) in [6.45, 7) is 1.61. The average Bonchev–Trinajstić information content (AvgIpc) is 2.46. The zero-order valence-corrected chi connectivity index (χ0v) is 11.6. The lowest BCUT2D eigenvalue weighted by molar-refractivity contribution is -0.151. The van der Waals surface area contributed by atoms with Crippen LogP contribution in [0.2, 0.25) is 0 Å². The van der Waals surface area contributed by atoms with Crippen molar-refractivity contribution in [3.05, 3.63) is 53.6 Å². The maximum absolute atomic E-state index is 12.4. The van der Waals surface area contributed by atoms with E-state index in [2.05, 4.69) is 4.74 Å².